The predicted molar refractivity (Wildman–Crippen MR) is 73.8 cm³/mol. The third-order valence-corrected chi connectivity index (χ3v) is 3.67. The molecule has 0 radical (unpaired) electrons. The van der Waals surface area contributed by atoms with Gasteiger partial charge in [-0.25, -0.2) is 4.98 Å². The van der Waals surface area contributed by atoms with Crippen LogP contribution >= 0.6 is 0 Å². The summed E-state index contributed by atoms with van der Waals surface area (Å²) < 4.78 is 7.53. The van der Waals surface area contributed by atoms with Crippen molar-refractivity contribution in [3.63, 3.8) is 0 Å². The van der Waals surface area contributed by atoms with Crippen LogP contribution in [0.1, 0.15) is 39.0 Å². The molecule has 4 heteroatoms. The summed E-state index contributed by atoms with van der Waals surface area (Å²) in [5.74, 6) is 1.96. The first kappa shape index (κ1) is 13.4. The van der Waals surface area contributed by atoms with Crippen molar-refractivity contribution in [1.29, 1.82) is 0 Å². The molecular formula is C14H25N3O. The Bertz CT molecular complexity index is 334. The molecular weight excluding hydrogens is 226 g/mol. The number of rotatable bonds is 9. The van der Waals surface area contributed by atoms with Gasteiger partial charge in [-0.15, -0.1) is 0 Å². The van der Waals surface area contributed by atoms with E-state index < -0.39 is 0 Å². The van der Waals surface area contributed by atoms with E-state index in [1.54, 1.807) is 0 Å². The number of aromatic nitrogens is 2. The highest BCUT2D eigenvalue weighted by molar-refractivity contribution is 5.25. The second kappa shape index (κ2) is 7.41. The molecule has 102 valence electrons. The van der Waals surface area contributed by atoms with Gasteiger partial charge in [0.25, 0.3) is 0 Å². The molecule has 0 saturated heterocycles. The van der Waals surface area contributed by atoms with Crippen molar-refractivity contribution >= 4 is 5.95 Å². The van der Waals surface area contributed by atoms with E-state index in [2.05, 4.69) is 14.9 Å². The molecule has 0 bridgehead atoms. The maximum atomic E-state index is 5.35. The number of ether oxygens (including phenoxy) is 1. The molecule has 1 saturated carbocycles. The molecule has 0 aliphatic heterocycles. The van der Waals surface area contributed by atoms with E-state index in [-0.39, 0.29) is 0 Å². The lowest BCUT2D eigenvalue weighted by molar-refractivity contribution is 0.142. The van der Waals surface area contributed by atoms with E-state index in [9.17, 15) is 0 Å². The number of anilines is 1. The van der Waals surface area contributed by atoms with Crippen LogP contribution < -0.4 is 5.32 Å². The quantitative estimate of drug-likeness (QED) is 0.686. The van der Waals surface area contributed by atoms with E-state index in [1.165, 1.54) is 25.7 Å². The third-order valence-electron chi connectivity index (χ3n) is 3.67. The molecule has 1 aromatic heterocycles. The van der Waals surface area contributed by atoms with Gasteiger partial charge in [0.15, 0.2) is 0 Å². The summed E-state index contributed by atoms with van der Waals surface area (Å²) in [6.07, 6.45) is 10.5. The molecule has 0 spiro atoms. The minimum absolute atomic E-state index is 0.802. The first-order valence-electron chi connectivity index (χ1n) is 7.23. The van der Waals surface area contributed by atoms with Crippen molar-refractivity contribution in [1.82, 2.24) is 9.55 Å². The summed E-state index contributed by atoms with van der Waals surface area (Å²) in [5.41, 5.74) is 0. The molecule has 1 aliphatic rings. The van der Waals surface area contributed by atoms with Crippen molar-refractivity contribution in [2.75, 3.05) is 25.1 Å². The molecule has 1 fully saturated rings. The third kappa shape index (κ3) is 4.02. The summed E-state index contributed by atoms with van der Waals surface area (Å²) in [4.78, 5) is 4.37. The van der Waals surface area contributed by atoms with Gasteiger partial charge in [0.1, 0.15) is 0 Å². The van der Waals surface area contributed by atoms with Gasteiger partial charge >= 0.3 is 0 Å². The summed E-state index contributed by atoms with van der Waals surface area (Å²) >= 11 is 0. The standard InChI is InChI=1S/C14H25N3O/c1-2-18-12-4-10-17-11-9-16-14(17)15-8-7-13-5-3-6-13/h9,11,13H,2-8,10,12H2,1H3,(H,15,16). The number of nitrogens with one attached hydrogen (secondary N) is 1. The fourth-order valence-electron chi connectivity index (χ4n) is 2.31. The Kier molecular flexibility index (Phi) is 5.52. The zero-order valence-corrected chi connectivity index (χ0v) is 11.4. The van der Waals surface area contributed by atoms with E-state index in [0.29, 0.717) is 0 Å². The molecule has 0 atom stereocenters. The van der Waals surface area contributed by atoms with Gasteiger partial charge in [-0.2, -0.15) is 0 Å². The van der Waals surface area contributed by atoms with Crippen LogP contribution in [0.3, 0.4) is 0 Å². The Balaban J connectivity index is 1.65. The van der Waals surface area contributed by atoms with Crippen LogP contribution in [0.15, 0.2) is 12.4 Å². The van der Waals surface area contributed by atoms with Gasteiger partial charge in [-0.05, 0) is 25.7 Å². The Morgan fingerprint density at radius 2 is 2.39 bits per heavy atom. The second-order valence-electron chi connectivity index (χ2n) is 5.01. The van der Waals surface area contributed by atoms with E-state index in [4.69, 9.17) is 4.74 Å². The van der Waals surface area contributed by atoms with E-state index in [0.717, 1.165) is 44.6 Å². The number of imidazole rings is 1. The highest BCUT2D eigenvalue weighted by Crippen LogP contribution is 2.29. The Morgan fingerprint density at radius 3 is 3.11 bits per heavy atom. The van der Waals surface area contributed by atoms with Gasteiger partial charge in [-0.1, -0.05) is 19.3 Å². The zero-order chi connectivity index (χ0) is 12.6. The van der Waals surface area contributed by atoms with Crippen LogP contribution in [-0.4, -0.2) is 29.3 Å². The molecule has 4 nitrogen and oxygen atoms in total. The van der Waals surface area contributed by atoms with E-state index >= 15 is 0 Å². The molecule has 1 N–H and O–H groups in total. The Labute approximate surface area is 110 Å². The monoisotopic (exact) mass is 251 g/mol. The molecule has 0 aromatic carbocycles. The lowest BCUT2D eigenvalue weighted by atomic mass is 9.83. The van der Waals surface area contributed by atoms with Crippen LogP contribution in [0.25, 0.3) is 0 Å². The minimum Gasteiger partial charge on any atom is -0.382 e. The van der Waals surface area contributed by atoms with Crippen LogP contribution in [0.4, 0.5) is 5.95 Å². The first-order valence-corrected chi connectivity index (χ1v) is 7.23. The number of hydrogen-bond acceptors (Lipinski definition) is 3. The topological polar surface area (TPSA) is 39.1 Å². The molecule has 1 aromatic rings. The number of hydrogen-bond donors (Lipinski definition) is 1. The summed E-state index contributed by atoms with van der Waals surface area (Å²) in [7, 11) is 0. The normalized spacial score (nSPS) is 15.6. The molecule has 1 heterocycles. The summed E-state index contributed by atoms with van der Waals surface area (Å²) in [6.45, 7) is 5.69. The van der Waals surface area contributed by atoms with Gasteiger partial charge in [0, 0.05) is 38.7 Å². The van der Waals surface area contributed by atoms with Gasteiger partial charge in [0.05, 0.1) is 0 Å². The SMILES string of the molecule is CCOCCCn1ccnc1NCCC1CCC1. The molecule has 0 unspecified atom stereocenters. The highest BCUT2D eigenvalue weighted by atomic mass is 16.5. The van der Waals surface area contributed by atoms with Gasteiger partial charge in [-0.3, -0.25) is 0 Å². The zero-order valence-electron chi connectivity index (χ0n) is 11.4. The fraction of sp³-hybridized carbons (Fsp3) is 0.786. The van der Waals surface area contributed by atoms with Crippen molar-refractivity contribution in [3.05, 3.63) is 12.4 Å². The summed E-state index contributed by atoms with van der Waals surface area (Å²) in [6, 6.07) is 0. The largest absolute Gasteiger partial charge is 0.382 e. The average molecular weight is 251 g/mol. The average Bonchev–Trinajstić information content (AvgIpc) is 2.75. The van der Waals surface area contributed by atoms with Gasteiger partial charge in [0.2, 0.25) is 5.95 Å². The lowest BCUT2D eigenvalue weighted by Gasteiger charge is -2.25. The van der Waals surface area contributed by atoms with Crippen molar-refractivity contribution in [3.8, 4) is 0 Å². The second-order valence-corrected chi connectivity index (χ2v) is 5.01. The maximum Gasteiger partial charge on any atom is 0.202 e. The van der Waals surface area contributed by atoms with Crippen LogP contribution in [0.2, 0.25) is 0 Å². The Hall–Kier alpha value is -1.03. The van der Waals surface area contributed by atoms with Crippen LogP contribution in [0.5, 0.6) is 0 Å². The van der Waals surface area contributed by atoms with Crippen molar-refractivity contribution in [2.24, 2.45) is 5.92 Å². The molecule has 1 aliphatic carbocycles. The predicted octanol–water partition coefficient (Wildman–Crippen LogP) is 2.91. The minimum atomic E-state index is 0.802. The van der Waals surface area contributed by atoms with Crippen molar-refractivity contribution in [2.45, 2.75) is 45.6 Å². The molecule has 2 rings (SSSR count). The van der Waals surface area contributed by atoms with Crippen molar-refractivity contribution < 1.29 is 4.74 Å². The van der Waals surface area contributed by atoms with E-state index in [1.807, 2.05) is 19.3 Å². The van der Waals surface area contributed by atoms with Crippen LogP contribution in [-0.2, 0) is 11.3 Å². The Morgan fingerprint density at radius 1 is 1.50 bits per heavy atom. The highest BCUT2D eigenvalue weighted by Gasteiger charge is 2.16. The first-order chi connectivity index (χ1) is 8.90. The molecule has 18 heavy (non-hydrogen) atoms. The maximum absolute atomic E-state index is 5.35. The summed E-state index contributed by atoms with van der Waals surface area (Å²) in [5, 5.41) is 3.44. The number of aryl methyl sites for hydroxylation is 1. The molecule has 0 amide bonds. The fourth-order valence-corrected chi connectivity index (χ4v) is 2.31. The lowest BCUT2D eigenvalue weighted by Crippen LogP contribution is -2.17. The number of nitrogens with zero attached hydrogens (tertiary/aromatic N) is 2. The smallest absolute Gasteiger partial charge is 0.202 e. The van der Waals surface area contributed by atoms with Crippen LogP contribution in [0, 0.1) is 5.92 Å². The van der Waals surface area contributed by atoms with Gasteiger partial charge < -0.3 is 14.6 Å².